The first-order valence-corrected chi connectivity index (χ1v) is 8.79. The van der Waals surface area contributed by atoms with Crippen LogP contribution in [0.25, 0.3) is 0 Å². The van der Waals surface area contributed by atoms with E-state index in [-0.39, 0.29) is 5.82 Å². The van der Waals surface area contributed by atoms with Gasteiger partial charge in [0.25, 0.3) is 0 Å². The molecule has 2 aliphatic rings. The lowest BCUT2D eigenvalue weighted by atomic mass is 9.91. The van der Waals surface area contributed by atoms with Gasteiger partial charge < -0.3 is 5.11 Å². The number of hydrogen-bond donors (Lipinski definition) is 1. The Morgan fingerprint density at radius 3 is 2.72 bits per heavy atom. The van der Waals surface area contributed by atoms with Gasteiger partial charge in [-0.2, -0.15) is 0 Å². The molecular weight excluding hydrogens is 313 g/mol. The number of aliphatic hydroxyl groups is 1. The van der Waals surface area contributed by atoms with Crippen LogP contribution in [0.15, 0.2) is 36.4 Å². The van der Waals surface area contributed by atoms with Crippen molar-refractivity contribution in [2.45, 2.75) is 38.3 Å². The lowest BCUT2D eigenvalue weighted by Gasteiger charge is -2.47. The third-order valence-electron chi connectivity index (χ3n) is 5.36. The van der Waals surface area contributed by atoms with Gasteiger partial charge in [-0.1, -0.05) is 24.0 Å². The fraction of sp³-hybridized carbons (Fsp3) is 0.364. The van der Waals surface area contributed by atoms with Crippen molar-refractivity contribution in [3.05, 3.63) is 70.0 Å². The summed E-state index contributed by atoms with van der Waals surface area (Å²) in [5.74, 6) is 6.01. The number of nitrogens with zero attached hydrogens (tertiary/aromatic N) is 1. The predicted octanol–water partition coefficient (Wildman–Crippen LogP) is 3.59. The summed E-state index contributed by atoms with van der Waals surface area (Å²) in [6, 6.07) is 11.1. The van der Waals surface area contributed by atoms with Crippen LogP contribution in [0.5, 0.6) is 0 Å². The van der Waals surface area contributed by atoms with Crippen LogP contribution in [-0.2, 0) is 6.42 Å². The molecule has 2 aromatic carbocycles. The quantitative estimate of drug-likeness (QED) is 0.805. The van der Waals surface area contributed by atoms with Crippen LogP contribution in [0, 0.1) is 24.6 Å². The molecule has 1 N–H and O–H groups in total. The van der Waals surface area contributed by atoms with Crippen molar-refractivity contribution in [1.82, 2.24) is 4.90 Å². The zero-order valence-electron chi connectivity index (χ0n) is 14.6. The number of halogens is 1. The lowest BCUT2D eigenvalue weighted by Crippen LogP contribution is -2.60. The average Bonchev–Trinajstić information content (AvgIpc) is 2.96. The van der Waals surface area contributed by atoms with Gasteiger partial charge in [0.1, 0.15) is 5.82 Å². The molecule has 0 radical (unpaired) electrons. The second-order valence-corrected chi connectivity index (χ2v) is 7.52. The minimum Gasteiger partial charge on any atom is -0.388 e. The van der Waals surface area contributed by atoms with Crippen LogP contribution in [-0.4, -0.2) is 28.7 Å². The van der Waals surface area contributed by atoms with Gasteiger partial charge in [0, 0.05) is 30.3 Å². The molecule has 3 heteroatoms. The highest BCUT2D eigenvalue weighted by Gasteiger charge is 2.42. The van der Waals surface area contributed by atoms with Gasteiger partial charge >= 0.3 is 0 Å². The van der Waals surface area contributed by atoms with E-state index in [1.54, 1.807) is 6.07 Å². The van der Waals surface area contributed by atoms with Crippen LogP contribution in [0.2, 0.25) is 0 Å². The van der Waals surface area contributed by atoms with Crippen molar-refractivity contribution in [2.75, 3.05) is 13.1 Å². The monoisotopic (exact) mass is 335 g/mol. The molecule has 1 fully saturated rings. The van der Waals surface area contributed by atoms with E-state index in [1.165, 1.54) is 28.8 Å². The Kier molecular flexibility index (Phi) is 3.91. The Morgan fingerprint density at radius 1 is 1.20 bits per heavy atom. The maximum absolute atomic E-state index is 13.3. The van der Waals surface area contributed by atoms with Gasteiger partial charge in [0.05, 0.1) is 5.60 Å². The standard InChI is InChI=1S/C22H22FNO/c1-15-17(7-6-16-4-3-5-18(23)12-16)8-9-20-19(15)10-11-21(20)24-13-22(2,25)14-24/h3-5,8-9,12,21,25H,10-11,13-14H2,1-2H3. The molecule has 128 valence electrons. The summed E-state index contributed by atoms with van der Waals surface area (Å²) in [4.78, 5) is 2.36. The third kappa shape index (κ3) is 3.08. The molecular formula is C22H22FNO. The molecule has 2 nitrogen and oxygen atoms in total. The molecule has 1 aliphatic heterocycles. The normalized spacial score (nSPS) is 21.2. The van der Waals surface area contributed by atoms with E-state index in [0.29, 0.717) is 11.6 Å². The molecule has 25 heavy (non-hydrogen) atoms. The van der Waals surface area contributed by atoms with Crippen molar-refractivity contribution in [3.63, 3.8) is 0 Å². The van der Waals surface area contributed by atoms with Crippen molar-refractivity contribution >= 4 is 0 Å². The second-order valence-electron chi connectivity index (χ2n) is 7.52. The van der Waals surface area contributed by atoms with Crippen molar-refractivity contribution in [2.24, 2.45) is 0 Å². The van der Waals surface area contributed by atoms with Gasteiger partial charge in [-0.15, -0.1) is 0 Å². The highest BCUT2D eigenvalue weighted by atomic mass is 19.1. The molecule has 0 saturated carbocycles. The number of benzene rings is 2. The Hall–Kier alpha value is -2.15. The summed E-state index contributed by atoms with van der Waals surface area (Å²) in [5.41, 5.74) is 5.18. The summed E-state index contributed by atoms with van der Waals surface area (Å²) in [6.07, 6.45) is 2.16. The summed E-state index contributed by atoms with van der Waals surface area (Å²) < 4.78 is 13.3. The molecule has 1 heterocycles. The van der Waals surface area contributed by atoms with E-state index < -0.39 is 5.60 Å². The molecule has 1 aliphatic carbocycles. The summed E-state index contributed by atoms with van der Waals surface area (Å²) >= 11 is 0. The maximum atomic E-state index is 13.3. The average molecular weight is 335 g/mol. The highest BCUT2D eigenvalue weighted by Crippen LogP contribution is 2.41. The van der Waals surface area contributed by atoms with Crippen LogP contribution < -0.4 is 0 Å². The Labute approximate surface area is 148 Å². The van der Waals surface area contributed by atoms with E-state index >= 15 is 0 Å². The van der Waals surface area contributed by atoms with E-state index in [2.05, 4.69) is 35.8 Å². The molecule has 0 amide bonds. The molecule has 2 aromatic rings. The first-order valence-electron chi connectivity index (χ1n) is 8.79. The van der Waals surface area contributed by atoms with Crippen LogP contribution in [0.3, 0.4) is 0 Å². The summed E-state index contributed by atoms with van der Waals surface area (Å²) in [7, 11) is 0. The van der Waals surface area contributed by atoms with Gasteiger partial charge in [0.2, 0.25) is 0 Å². The minimum atomic E-state index is -0.534. The molecule has 0 bridgehead atoms. The molecule has 0 spiro atoms. The topological polar surface area (TPSA) is 23.5 Å². The lowest BCUT2D eigenvalue weighted by molar-refractivity contribution is -0.103. The van der Waals surface area contributed by atoms with Crippen molar-refractivity contribution in [3.8, 4) is 11.8 Å². The van der Waals surface area contributed by atoms with Crippen molar-refractivity contribution in [1.29, 1.82) is 0 Å². The zero-order valence-corrected chi connectivity index (χ0v) is 14.6. The predicted molar refractivity (Wildman–Crippen MR) is 96.8 cm³/mol. The molecule has 0 aromatic heterocycles. The Bertz CT molecular complexity index is 883. The third-order valence-corrected chi connectivity index (χ3v) is 5.36. The van der Waals surface area contributed by atoms with Crippen LogP contribution >= 0.6 is 0 Å². The molecule has 1 unspecified atom stereocenters. The molecule has 4 rings (SSSR count). The molecule has 1 saturated heterocycles. The van der Waals surface area contributed by atoms with Gasteiger partial charge in [-0.25, -0.2) is 4.39 Å². The van der Waals surface area contributed by atoms with E-state index in [4.69, 9.17) is 0 Å². The Balaban J connectivity index is 1.60. The number of fused-ring (bicyclic) bond motifs is 1. The minimum absolute atomic E-state index is 0.259. The fourth-order valence-corrected chi connectivity index (χ4v) is 4.13. The van der Waals surface area contributed by atoms with Crippen LogP contribution in [0.4, 0.5) is 4.39 Å². The maximum Gasteiger partial charge on any atom is 0.124 e. The Morgan fingerprint density at radius 2 is 2.00 bits per heavy atom. The van der Waals surface area contributed by atoms with Crippen LogP contribution in [0.1, 0.15) is 47.2 Å². The second kappa shape index (κ2) is 5.98. The van der Waals surface area contributed by atoms with Gasteiger partial charge in [-0.3, -0.25) is 4.90 Å². The number of likely N-dealkylation sites (tertiary alicyclic amines) is 1. The SMILES string of the molecule is Cc1c(C#Cc2cccc(F)c2)ccc2c1CCC2N1CC(C)(O)C1. The van der Waals surface area contributed by atoms with E-state index in [0.717, 1.165) is 31.5 Å². The first kappa shape index (κ1) is 16.3. The van der Waals surface area contributed by atoms with E-state index in [9.17, 15) is 9.50 Å². The first-order chi connectivity index (χ1) is 11.9. The fourth-order valence-electron chi connectivity index (χ4n) is 4.13. The number of β-amino-alcohol motifs (C(OH)–C–C–N with tert-alkyl or cyclic N) is 1. The van der Waals surface area contributed by atoms with Crippen molar-refractivity contribution < 1.29 is 9.50 Å². The van der Waals surface area contributed by atoms with E-state index in [1.807, 2.05) is 13.0 Å². The molecule has 1 atom stereocenters. The van der Waals surface area contributed by atoms with Gasteiger partial charge in [0.15, 0.2) is 0 Å². The summed E-state index contributed by atoms with van der Waals surface area (Å²) in [5, 5.41) is 10.0. The zero-order chi connectivity index (χ0) is 17.6. The number of rotatable bonds is 1. The largest absolute Gasteiger partial charge is 0.388 e. The van der Waals surface area contributed by atoms with Gasteiger partial charge in [-0.05, 0) is 67.6 Å². The highest BCUT2D eigenvalue weighted by molar-refractivity contribution is 5.53. The number of hydrogen-bond acceptors (Lipinski definition) is 2. The summed E-state index contributed by atoms with van der Waals surface area (Å²) in [6.45, 7) is 5.52. The smallest absolute Gasteiger partial charge is 0.124 e.